The van der Waals surface area contributed by atoms with Crippen LogP contribution in [0, 0.1) is 5.92 Å². The Kier molecular flexibility index (Phi) is 8.64. The van der Waals surface area contributed by atoms with Crippen molar-refractivity contribution in [2.45, 2.75) is 70.9 Å². The van der Waals surface area contributed by atoms with Gasteiger partial charge in [0.2, 0.25) is 0 Å². The summed E-state index contributed by atoms with van der Waals surface area (Å²) in [7, 11) is 0. The summed E-state index contributed by atoms with van der Waals surface area (Å²) in [5.41, 5.74) is 0. The predicted octanol–water partition coefficient (Wildman–Crippen LogP) is 2.72. The van der Waals surface area contributed by atoms with Crippen LogP contribution in [0.2, 0.25) is 0 Å². The average molecular weight is 257 g/mol. The molecule has 0 radical (unpaired) electrons. The summed E-state index contributed by atoms with van der Waals surface area (Å²) in [5, 5.41) is 13.3. The van der Waals surface area contributed by atoms with Crippen LogP contribution in [0.4, 0.5) is 0 Å². The van der Waals surface area contributed by atoms with Gasteiger partial charge >= 0.3 is 0 Å². The summed E-state index contributed by atoms with van der Waals surface area (Å²) in [4.78, 5) is 0. The number of aliphatic hydroxyl groups excluding tert-OH is 1. The molecule has 1 aliphatic carbocycles. The van der Waals surface area contributed by atoms with Gasteiger partial charge in [-0.3, -0.25) is 0 Å². The summed E-state index contributed by atoms with van der Waals surface area (Å²) in [5.74, 6) is 0.884. The van der Waals surface area contributed by atoms with Gasteiger partial charge in [0, 0.05) is 19.2 Å². The fourth-order valence-corrected chi connectivity index (χ4v) is 2.67. The van der Waals surface area contributed by atoms with E-state index < -0.39 is 0 Å². The smallest absolute Gasteiger partial charge is 0.0897 e. The van der Waals surface area contributed by atoms with Crippen LogP contribution in [0.5, 0.6) is 0 Å². The molecule has 3 unspecified atom stereocenters. The topological polar surface area (TPSA) is 41.5 Å². The molecular weight excluding hydrogens is 226 g/mol. The number of nitrogens with one attached hydrogen (secondary N) is 1. The van der Waals surface area contributed by atoms with Crippen molar-refractivity contribution in [3.63, 3.8) is 0 Å². The Morgan fingerprint density at radius 1 is 1.33 bits per heavy atom. The molecule has 0 saturated heterocycles. The zero-order chi connectivity index (χ0) is 13.2. The highest BCUT2D eigenvalue weighted by Crippen LogP contribution is 2.26. The standard InChI is InChI=1S/C15H31NO2/c1-3-5-9-18-12-15(17)11-16-14-8-6-7-13(4-2)10-14/h13-17H,3-12H2,1-2H3. The van der Waals surface area contributed by atoms with Gasteiger partial charge in [0.05, 0.1) is 12.7 Å². The summed E-state index contributed by atoms with van der Waals surface area (Å²) in [6.07, 6.45) is 8.43. The van der Waals surface area contributed by atoms with Crippen LogP contribution in [0.1, 0.15) is 58.8 Å². The van der Waals surface area contributed by atoms with Gasteiger partial charge in [-0.15, -0.1) is 0 Å². The van der Waals surface area contributed by atoms with E-state index in [0.29, 0.717) is 19.2 Å². The lowest BCUT2D eigenvalue weighted by Gasteiger charge is -2.29. The molecule has 1 aliphatic rings. The Morgan fingerprint density at radius 2 is 2.17 bits per heavy atom. The Morgan fingerprint density at radius 3 is 2.89 bits per heavy atom. The van der Waals surface area contributed by atoms with Gasteiger partial charge in [-0.1, -0.05) is 39.5 Å². The minimum atomic E-state index is -0.358. The monoisotopic (exact) mass is 257 g/mol. The predicted molar refractivity (Wildman–Crippen MR) is 75.8 cm³/mol. The van der Waals surface area contributed by atoms with Gasteiger partial charge in [0.25, 0.3) is 0 Å². The van der Waals surface area contributed by atoms with Gasteiger partial charge in [0.15, 0.2) is 0 Å². The molecule has 0 aliphatic heterocycles. The quantitative estimate of drug-likeness (QED) is 0.624. The van der Waals surface area contributed by atoms with E-state index in [1.807, 2.05) is 0 Å². The van der Waals surface area contributed by atoms with Crippen molar-refractivity contribution in [3.8, 4) is 0 Å². The molecule has 18 heavy (non-hydrogen) atoms. The maximum absolute atomic E-state index is 9.81. The lowest BCUT2D eigenvalue weighted by Crippen LogP contribution is -2.40. The van der Waals surface area contributed by atoms with Crippen molar-refractivity contribution in [2.75, 3.05) is 19.8 Å². The van der Waals surface area contributed by atoms with Gasteiger partial charge in [0.1, 0.15) is 0 Å². The van der Waals surface area contributed by atoms with E-state index in [2.05, 4.69) is 19.2 Å². The average Bonchev–Trinajstić information content (AvgIpc) is 2.41. The second-order valence-corrected chi connectivity index (χ2v) is 5.63. The van der Waals surface area contributed by atoms with Crippen LogP contribution in [-0.2, 0) is 4.74 Å². The van der Waals surface area contributed by atoms with Crippen molar-refractivity contribution in [1.82, 2.24) is 5.32 Å². The highest BCUT2D eigenvalue weighted by molar-refractivity contribution is 4.78. The SMILES string of the molecule is CCCCOCC(O)CNC1CCCC(CC)C1. The molecule has 0 aromatic carbocycles. The summed E-state index contributed by atoms with van der Waals surface area (Å²) in [6, 6.07) is 0.606. The third-order valence-corrected chi connectivity index (χ3v) is 3.95. The number of unbranched alkanes of at least 4 members (excludes halogenated alkanes) is 1. The second-order valence-electron chi connectivity index (χ2n) is 5.63. The van der Waals surface area contributed by atoms with E-state index in [-0.39, 0.29) is 6.10 Å². The minimum Gasteiger partial charge on any atom is -0.389 e. The summed E-state index contributed by atoms with van der Waals surface area (Å²) < 4.78 is 5.43. The second kappa shape index (κ2) is 9.76. The van der Waals surface area contributed by atoms with Crippen LogP contribution in [0.15, 0.2) is 0 Å². The van der Waals surface area contributed by atoms with Crippen LogP contribution < -0.4 is 5.32 Å². The zero-order valence-electron chi connectivity index (χ0n) is 12.2. The van der Waals surface area contributed by atoms with Crippen molar-refractivity contribution >= 4 is 0 Å². The van der Waals surface area contributed by atoms with Gasteiger partial charge < -0.3 is 15.2 Å². The third-order valence-electron chi connectivity index (χ3n) is 3.95. The number of rotatable bonds is 9. The first-order valence-corrected chi connectivity index (χ1v) is 7.75. The van der Waals surface area contributed by atoms with Crippen LogP contribution >= 0.6 is 0 Å². The Bertz CT molecular complexity index is 199. The molecule has 1 rings (SSSR count). The van der Waals surface area contributed by atoms with Crippen molar-refractivity contribution < 1.29 is 9.84 Å². The number of hydrogen-bond acceptors (Lipinski definition) is 3. The molecular formula is C15H31NO2. The fraction of sp³-hybridized carbons (Fsp3) is 1.00. The first-order chi connectivity index (χ1) is 8.76. The van der Waals surface area contributed by atoms with Gasteiger partial charge in [-0.2, -0.15) is 0 Å². The lowest BCUT2D eigenvalue weighted by atomic mass is 9.84. The zero-order valence-corrected chi connectivity index (χ0v) is 12.2. The Labute approximate surface area is 112 Å². The van der Waals surface area contributed by atoms with Crippen LogP contribution in [0.3, 0.4) is 0 Å². The maximum atomic E-state index is 9.81. The molecule has 0 amide bonds. The van der Waals surface area contributed by atoms with Crippen molar-refractivity contribution in [2.24, 2.45) is 5.92 Å². The summed E-state index contributed by atoms with van der Waals surface area (Å²) >= 11 is 0. The number of aliphatic hydroxyl groups is 1. The summed E-state index contributed by atoms with van der Waals surface area (Å²) in [6.45, 7) is 6.34. The molecule has 108 valence electrons. The van der Waals surface area contributed by atoms with Crippen molar-refractivity contribution in [3.05, 3.63) is 0 Å². The van der Waals surface area contributed by atoms with Gasteiger partial charge in [-0.05, 0) is 25.2 Å². The molecule has 0 aromatic heterocycles. The first-order valence-electron chi connectivity index (χ1n) is 7.75. The highest BCUT2D eigenvalue weighted by Gasteiger charge is 2.20. The van der Waals surface area contributed by atoms with E-state index >= 15 is 0 Å². The number of ether oxygens (including phenoxy) is 1. The molecule has 3 heteroatoms. The Hall–Kier alpha value is -0.120. The van der Waals surface area contributed by atoms with Crippen molar-refractivity contribution in [1.29, 1.82) is 0 Å². The van der Waals surface area contributed by atoms with Crippen LogP contribution in [0.25, 0.3) is 0 Å². The van der Waals surface area contributed by atoms with E-state index in [9.17, 15) is 5.11 Å². The molecule has 0 aromatic rings. The van der Waals surface area contributed by atoms with E-state index in [4.69, 9.17) is 4.74 Å². The van der Waals surface area contributed by atoms with E-state index in [0.717, 1.165) is 25.4 Å². The molecule has 2 N–H and O–H groups in total. The molecule has 1 fully saturated rings. The fourth-order valence-electron chi connectivity index (χ4n) is 2.67. The van der Waals surface area contributed by atoms with Crippen LogP contribution in [-0.4, -0.2) is 37.0 Å². The largest absolute Gasteiger partial charge is 0.389 e. The minimum absolute atomic E-state index is 0.358. The molecule has 1 saturated carbocycles. The maximum Gasteiger partial charge on any atom is 0.0897 e. The molecule has 0 heterocycles. The van der Waals surface area contributed by atoms with E-state index in [1.165, 1.54) is 32.1 Å². The highest BCUT2D eigenvalue weighted by atomic mass is 16.5. The normalized spacial score (nSPS) is 26.2. The third kappa shape index (κ3) is 6.72. The molecule has 0 bridgehead atoms. The van der Waals surface area contributed by atoms with Gasteiger partial charge in [-0.25, -0.2) is 0 Å². The number of hydrogen-bond donors (Lipinski definition) is 2. The Balaban J connectivity index is 2.04. The van der Waals surface area contributed by atoms with E-state index in [1.54, 1.807) is 0 Å². The molecule has 3 atom stereocenters. The molecule has 3 nitrogen and oxygen atoms in total. The first kappa shape index (κ1) is 15.9. The molecule has 0 spiro atoms. The lowest BCUT2D eigenvalue weighted by molar-refractivity contribution is 0.0334.